The summed E-state index contributed by atoms with van der Waals surface area (Å²) < 4.78 is 10.9. The summed E-state index contributed by atoms with van der Waals surface area (Å²) >= 11 is 0. The Morgan fingerprint density at radius 3 is 2.43 bits per heavy atom. The zero-order valence-corrected chi connectivity index (χ0v) is 12.4. The molecule has 0 bridgehead atoms. The minimum absolute atomic E-state index is 0.572. The van der Waals surface area contributed by atoms with Crippen molar-refractivity contribution in [2.45, 2.75) is 32.2 Å². The molecule has 5 heteroatoms. The Balaban J connectivity index is 1.67. The molecule has 0 amide bonds. The second-order valence-corrected chi connectivity index (χ2v) is 5.42. The van der Waals surface area contributed by atoms with Gasteiger partial charge >= 0.3 is 0 Å². The fourth-order valence-electron chi connectivity index (χ4n) is 2.65. The molecule has 0 N–H and O–H groups in total. The van der Waals surface area contributed by atoms with Gasteiger partial charge in [0, 0.05) is 5.56 Å². The smallest absolute Gasteiger partial charge is 0.247 e. The number of hydrogen-bond acceptors (Lipinski definition) is 5. The van der Waals surface area contributed by atoms with Crippen molar-refractivity contribution in [1.82, 2.24) is 15.1 Å². The number of nitrogens with zero attached hydrogens (tertiary/aromatic N) is 3. The quantitative estimate of drug-likeness (QED) is 0.864. The normalized spacial score (nSPS) is 16.6. The summed E-state index contributed by atoms with van der Waals surface area (Å²) in [6, 6.07) is 7.66. The maximum absolute atomic E-state index is 5.78. The van der Waals surface area contributed by atoms with E-state index in [1.54, 1.807) is 7.11 Å². The number of likely N-dealkylation sites (tertiary alicyclic amines) is 1. The fraction of sp³-hybridized carbons (Fsp3) is 0.500. The zero-order chi connectivity index (χ0) is 14.5. The van der Waals surface area contributed by atoms with Crippen molar-refractivity contribution in [3.63, 3.8) is 0 Å². The predicted octanol–water partition coefficient (Wildman–Crippen LogP) is 3.12. The van der Waals surface area contributed by atoms with Gasteiger partial charge in [0.15, 0.2) is 0 Å². The number of hydrogen-bond donors (Lipinski definition) is 0. The third kappa shape index (κ3) is 3.61. The second kappa shape index (κ2) is 6.72. The Bertz CT molecular complexity index is 557. The predicted molar refractivity (Wildman–Crippen MR) is 80.0 cm³/mol. The first kappa shape index (κ1) is 14.1. The van der Waals surface area contributed by atoms with Crippen molar-refractivity contribution in [3.8, 4) is 17.2 Å². The van der Waals surface area contributed by atoms with Gasteiger partial charge in [-0.25, -0.2) is 0 Å². The summed E-state index contributed by atoms with van der Waals surface area (Å²) in [6.07, 6.45) is 5.19. The first-order chi connectivity index (χ1) is 10.3. The Morgan fingerprint density at radius 2 is 1.76 bits per heavy atom. The van der Waals surface area contributed by atoms with Crippen molar-refractivity contribution >= 4 is 0 Å². The molecule has 1 fully saturated rings. The molecule has 2 heterocycles. The lowest BCUT2D eigenvalue weighted by atomic mass is 10.2. The molecule has 1 aliphatic rings. The lowest BCUT2D eigenvalue weighted by Crippen LogP contribution is -2.24. The van der Waals surface area contributed by atoms with Gasteiger partial charge in [0.2, 0.25) is 11.8 Å². The summed E-state index contributed by atoms with van der Waals surface area (Å²) in [6.45, 7) is 3.00. The summed E-state index contributed by atoms with van der Waals surface area (Å²) in [4.78, 5) is 2.40. The lowest BCUT2D eigenvalue weighted by Gasteiger charge is -2.16. The highest BCUT2D eigenvalue weighted by Crippen LogP contribution is 2.22. The minimum atomic E-state index is 0.572. The van der Waals surface area contributed by atoms with Gasteiger partial charge in [-0.3, -0.25) is 4.90 Å². The van der Waals surface area contributed by atoms with E-state index in [1.807, 2.05) is 24.3 Å². The van der Waals surface area contributed by atoms with Gasteiger partial charge in [0.25, 0.3) is 0 Å². The van der Waals surface area contributed by atoms with Crippen LogP contribution in [0.15, 0.2) is 28.7 Å². The summed E-state index contributed by atoms with van der Waals surface area (Å²) in [5, 5.41) is 8.32. The van der Waals surface area contributed by atoms with E-state index in [4.69, 9.17) is 9.15 Å². The van der Waals surface area contributed by atoms with Gasteiger partial charge in [-0.05, 0) is 50.2 Å². The molecule has 1 saturated heterocycles. The number of rotatable bonds is 4. The van der Waals surface area contributed by atoms with E-state index in [0.717, 1.165) is 30.9 Å². The number of benzene rings is 1. The fourth-order valence-corrected chi connectivity index (χ4v) is 2.65. The average molecular weight is 287 g/mol. The molecular weight excluding hydrogens is 266 g/mol. The number of methoxy groups -OCH3 is 1. The third-order valence-electron chi connectivity index (χ3n) is 3.86. The van der Waals surface area contributed by atoms with Crippen molar-refractivity contribution < 1.29 is 9.15 Å². The molecule has 1 aliphatic heterocycles. The van der Waals surface area contributed by atoms with Gasteiger partial charge < -0.3 is 9.15 Å². The van der Waals surface area contributed by atoms with Gasteiger partial charge in [0.1, 0.15) is 5.75 Å². The van der Waals surface area contributed by atoms with Crippen molar-refractivity contribution in [3.05, 3.63) is 30.2 Å². The Kier molecular flexibility index (Phi) is 4.50. The average Bonchev–Trinajstić information content (AvgIpc) is 2.83. The molecule has 0 unspecified atom stereocenters. The summed E-state index contributed by atoms with van der Waals surface area (Å²) in [5.74, 6) is 2.09. The van der Waals surface area contributed by atoms with E-state index in [9.17, 15) is 0 Å². The SMILES string of the molecule is COc1ccc(-c2nnc(CN3CCCCCC3)o2)cc1. The molecule has 1 aromatic carbocycles. The highest BCUT2D eigenvalue weighted by atomic mass is 16.5. The molecule has 2 aromatic rings. The van der Waals surface area contributed by atoms with Crippen LogP contribution in [0.5, 0.6) is 5.75 Å². The number of ether oxygens (including phenoxy) is 1. The van der Waals surface area contributed by atoms with Crippen LogP contribution in [0.1, 0.15) is 31.6 Å². The largest absolute Gasteiger partial charge is 0.497 e. The standard InChI is InChI=1S/C16H21N3O2/c1-20-14-8-6-13(7-9-14)16-18-17-15(21-16)12-19-10-4-2-3-5-11-19/h6-9H,2-5,10-12H2,1H3. The summed E-state index contributed by atoms with van der Waals surface area (Å²) in [7, 11) is 1.65. The summed E-state index contributed by atoms with van der Waals surface area (Å²) in [5.41, 5.74) is 0.922. The van der Waals surface area contributed by atoms with Crippen LogP contribution in [0, 0.1) is 0 Å². The monoisotopic (exact) mass is 287 g/mol. The first-order valence-electron chi connectivity index (χ1n) is 7.54. The Hall–Kier alpha value is -1.88. The third-order valence-corrected chi connectivity index (χ3v) is 3.86. The van der Waals surface area contributed by atoms with Crippen LogP contribution in [0.4, 0.5) is 0 Å². The van der Waals surface area contributed by atoms with Crippen LogP contribution in [0.2, 0.25) is 0 Å². The maximum Gasteiger partial charge on any atom is 0.247 e. The molecule has 112 valence electrons. The molecule has 0 spiro atoms. The van der Waals surface area contributed by atoms with E-state index in [2.05, 4.69) is 15.1 Å². The van der Waals surface area contributed by atoms with Crippen LogP contribution in [-0.2, 0) is 6.54 Å². The molecule has 21 heavy (non-hydrogen) atoms. The van der Waals surface area contributed by atoms with Crippen molar-refractivity contribution in [2.75, 3.05) is 20.2 Å². The van der Waals surface area contributed by atoms with E-state index in [1.165, 1.54) is 25.7 Å². The van der Waals surface area contributed by atoms with E-state index >= 15 is 0 Å². The molecule has 0 aliphatic carbocycles. The van der Waals surface area contributed by atoms with Gasteiger partial charge in [0.05, 0.1) is 13.7 Å². The molecule has 0 radical (unpaired) electrons. The Labute approximate surface area is 124 Å². The highest BCUT2D eigenvalue weighted by Gasteiger charge is 2.14. The van der Waals surface area contributed by atoms with Crippen LogP contribution >= 0.6 is 0 Å². The van der Waals surface area contributed by atoms with Crippen LogP contribution in [0.3, 0.4) is 0 Å². The van der Waals surface area contributed by atoms with Gasteiger partial charge in [-0.2, -0.15) is 0 Å². The molecule has 5 nitrogen and oxygen atoms in total. The topological polar surface area (TPSA) is 51.4 Å². The molecule has 0 saturated carbocycles. The first-order valence-corrected chi connectivity index (χ1v) is 7.54. The lowest BCUT2D eigenvalue weighted by molar-refractivity contribution is 0.249. The molecular formula is C16H21N3O2. The van der Waals surface area contributed by atoms with Gasteiger partial charge in [-0.1, -0.05) is 12.8 Å². The van der Waals surface area contributed by atoms with E-state index in [0.29, 0.717) is 11.8 Å². The second-order valence-electron chi connectivity index (χ2n) is 5.42. The van der Waals surface area contributed by atoms with Crippen LogP contribution < -0.4 is 4.74 Å². The molecule has 0 atom stereocenters. The van der Waals surface area contributed by atoms with Gasteiger partial charge in [-0.15, -0.1) is 10.2 Å². The molecule has 3 rings (SSSR count). The van der Waals surface area contributed by atoms with E-state index < -0.39 is 0 Å². The zero-order valence-electron chi connectivity index (χ0n) is 12.4. The maximum atomic E-state index is 5.78. The van der Waals surface area contributed by atoms with Crippen LogP contribution in [0.25, 0.3) is 11.5 Å². The minimum Gasteiger partial charge on any atom is -0.497 e. The van der Waals surface area contributed by atoms with Crippen molar-refractivity contribution in [1.29, 1.82) is 0 Å². The molecule has 1 aromatic heterocycles. The highest BCUT2D eigenvalue weighted by molar-refractivity contribution is 5.53. The van der Waals surface area contributed by atoms with E-state index in [-0.39, 0.29) is 0 Å². The Morgan fingerprint density at radius 1 is 1.05 bits per heavy atom. The van der Waals surface area contributed by atoms with Crippen LogP contribution in [-0.4, -0.2) is 35.3 Å². The van der Waals surface area contributed by atoms with Crippen molar-refractivity contribution in [2.24, 2.45) is 0 Å². The number of aromatic nitrogens is 2.